The molecule has 0 fully saturated rings. The Kier molecular flexibility index (Phi) is 4.94. The molecule has 0 heterocycles. The minimum atomic E-state index is -0.306. The van der Waals surface area contributed by atoms with E-state index >= 15 is 0 Å². The van der Waals surface area contributed by atoms with Crippen LogP contribution < -0.4 is 9.47 Å². The first-order valence-corrected chi connectivity index (χ1v) is 6.75. The Morgan fingerprint density at radius 3 is 2.36 bits per heavy atom. The standard InChI is InChI=1S/C18H17FO3/c1-12-10-14(11-17(21-2)18(12)22-3)16(20)9-6-13-4-7-15(19)8-5-13/h4-11H,1-3H3. The molecule has 0 N–H and O–H groups in total. The fourth-order valence-electron chi connectivity index (χ4n) is 2.14. The molecule has 0 spiro atoms. The Labute approximate surface area is 129 Å². The van der Waals surface area contributed by atoms with Crippen LogP contribution in [0.5, 0.6) is 11.5 Å². The summed E-state index contributed by atoms with van der Waals surface area (Å²) in [5, 5.41) is 0. The highest BCUT2D eigenvalue weighted by atomic mass is 19.1. The average Bonchev–Trinajstić information content (AvgIpc) is 2.53. The molecular weight excluding hydrogens is 283 g/mol. The summed E-state index contributed by atoms with van der Waals surface area (Å²) in [5.74, 6) is 0.662. The summed E-state index contributed by atoms with van der Waals surface area (Å²) in [5.41, 5.74) is 2.08. The van der Waals surface area contributed by atoms with Gasteiger partial charge in [-0.15, -0.1) is 0 Å². The second-order valence-corrected chi connectivity index (χ2v) is 4.78. The highest BCUT2D eigenvalue weighted by Crippen LogP contribution is 2.32. The van der Waals surface area contributed by atoms with E-state index in [0.29, 0.717) is 17.1 Å². The smallest absolute Gasteiger partial charge is 0.186 e. The van der Waals surface area contributed by atoms with Gasteiger partial charge in [0.1, 0.15) is 5.82 Å². The van der Waals surface area contributed by atoms with Crippen molar-refractivity contribution in [3.63, 3.8) is 0 Å². The predicted molar refractivity (Wildman–Crippen MR) is 84.0 cm³/mol. The Morgan fingerprint density at radius 1 is 1.09 bits per heavy atom. The van der Waals surface area contributed by atoms with Gasteiger partial charge in [-0.2, -0.15) is 0 Å². The Bertz CT molecular complexity index is 703. The van der Waals surface area contributed by atoms with Crippen LogP contribution in [-0.2, 0) is 0 Å². The maximum absolute atomic E-state index is 12.8. The van der Waals surface area contributed by atoms with Gasteiger partial charge in [0.05, 0.1) is 14.2 Å². The van der Waals surface area contributed by atoms with Crippen molar-refractivity contribution in [1.29, 1.82) is 0 Å². The number of aryl methyl sites for hydroxylation is 1. The molecule has 0 aliphatic carbocycles. The molecule has 0 saturated carbocycles. The van der Waals surface area contributed by atoms with Gasteiger partial charge in [-0.25, -0.2) is 4.39 Å². The third kappa shape index (κ3) is 3.52. The maximum atomic E-state index is 12.8. The first-order chi connectivity index (χ1) is 10.5. The SMILES string of the molecule is COc1cc(C(=O)C=Cc2ccc(F)cc2)cc(C)c1OC. The van der Waals surface area contributed by atoms with E-state index in [0.717, 1.165) is 11.1 Å². The summed E-state index contributed by atoms with van der Waals surface area (Å²) < 4.78 is 23.3. The summed E-state index contributed by atoms with van der Waals surface area (Å²) in [6.07, 6.45) is 3.10. The molecule has 4 heteroatoms. The minimum Gasteiger partial charge on any atom is -0.493 e. The molecule has 0 amide bonds. The number of rotatable bonds is 5. The third-order valence-electron chi connectivity index (χ3n) is 3.25. The number of allylic oxidation sites excluding steroid dienone is 1. The topological polar surface area (TPSA) is 35.5 Å². The molecule has 0 aromatic heterocycles. The lowest BCUT2D eigenvalue weighted by Gasteiger charge is -2.11. The highest BCUT2D eigenvalue weighted by Gasteiger charge is 2.12. The van der Waals surface area contributed by atoms with Crippen molar-refractivity contribution < 1.29 is 18.7 Å². The Morgan fingerprint density at radius 2 is 1.77 bits per heavy atom. The van der Waals surface area contributed by atoms with Crippen molar-refractivity contribution in [2.24, 2.45) is 0 Å². The van der Waals surface area contributed by atoms with Crippen molar-refractivity contribution in [3.05, 3.63) is 65.0 Å². The van der Waals surface area contributed by atoms with Gasteiger partial charge in [0.25, 0.3) is 0 Å². The fraction of sp³-hybridized carbons (Fsp3) is 0.167. The summed E-state index contributed by atoms with van der Waals surface area (Å²) >= 11 is 0. The van der Waals surface area contributed by atoms with Crippen LogP contribution >= 0.6 is 0 Å². The van der Waals surface area contributed by atoms with E-state index in [9.17, 15) is 9.18 Å². The van der Waals surface area contributed by atoms with Crippen LogP contribution in [0.1, 0.15) is 21.5 Å². The number of carbonyl (C=O) groups excluding carboxylic acids is 1. The molecule has 0 aliphatic rings. The van der Waals surface area contributed by atoms with Crippen LogP contribution in [0.2, 0.25) is 0 Å². The van der Waals surface area contributed by atoms with E-state index < -0.39 is 0 Å². The molecule has 2 aromatic carbocycles. The van der Waals surface area contributed by atoms with Gasteiger partial charge >= 0.3 is 0 Å². The molecule has 0 saturated heterocycles. The molecule has 2 rings (SSSR count). The lowest BCUT2D eigenvalue weighted by atomic mass is 10.0. The third-order valence-corrected chi connectivity index (χ3v) is 3.25. The van der Waals surface area contributed by atoms with Crippen molar-refractivity contribution in [2.75, 3.05) is 14.2 Å². The first-order valence-electron chi connectivity index (χ1n) is 6.75. The van der Waals surface area contributed by atoms with E-state index in [1.165, 1.54) is 25.3 Å². The van der Waals surface area contributed by atoms with Gasteiger partial charge in [-0.05, 0) is 48.4 Å². The number of carbonyl (C=O) groups is 1. The molecule has 0 unspecified atom stereocenters. The van der Waals surface area contributed by atoms with Gasteiger partial charge < -0.3 is 9.47 Å². The van der Waals surface area contributed by atoms with Crippen LogP contribution in [0.25, 0.3) is 6.08 Å². The number of hydrogen-bond acceptors (Lipinski definition) is 3. The number of ether oxygens (including phenoxy) is 2. The number of methoxy groups -OCH3 is 2. The lowest BCUT2D eigenvalue weighted by molar-refractivity contribution is 0.104. The van der Waals surface area contributed by atoms with Gasteiger partial charge in [0.2, 0.25) is 0 Å². The average molecular weight is 300 g/mol. The van der Waals surface area contributed by atoms with E-state index in [-0.39, 0.29) is 11.6 Å². The van der Waals surface area contributed by atoms with E-state index in [4.69, 9.17) is 9.47 Å². The molecule has 3 nitrogen and oxygen atoms in total. The van der Waals surface area contributed by atoms with Gasteiger partial charge in [-0.1, -0.05) is 18.2 Å². The van der Waals surface area contributed by atoms with Crippen LogP contribution in [0.4, 0.5) is 4.39 Å². The van der Waals surface area contributed by atoms with Crippen molar-refractivity contribution in [2.45, 2.75) is 6.92 Å². The number of halogens is 1. The maximum Gasteiger partial charge on any atom is 0.186 e. The molecule has 0 aliphatic heterocycles. The molecular formula is C18H17FO3. The zero-order valence-corrected chi connectivity index (χ0v) is 12.7. The largest absolute Gasteiger partial charge is 0.493 e. The van der Waals surface area contributed by atoms with Gasteiger partial charge in [-0.3, -0.25) is 4.79 Å². The van der Waals surface area contributed by atoms with Crippen molar-refractivity contribution in [3.8, 4) is 11.5 Å². The molecule has 2 aromatic rings. The molecule has 0 radical (unpaired) electrons. The van der Waals surface area contributed by atoms with Gasteiger partial charge in [0.15, 0.2) is 17.3 Å². The first kappa shape index (κ1) is 15.8. The zero-order valence-electron chi connectivity index (χ0n) is 12.7. The molecule has 22 heavy (non-hydrogen) atoms. The molecule has 0 bridgehead atoms. The summed E-state index contributed by atoms with van der Waals surface area (Å²) in [6.45, 7) is 1.85. The minimum absolute atomic E-state index is 0.159. The van der Waals surface area contributed by atoms with E-state index in [1.807, 2.05) is 6.92 Å². The van der Waals surface area contributed by atoms with Crippen LogP contribution in [0.3, 0.4) is 0 Å². The number of hydrogen-bond donors (Lipinski definition) is 0. The van der Waals surface area contributed by atoms with Gasteiger partial charge in [0, 0.05) is 5.56 Å². The summed E-state index contributed by atoms with van der Waals surface area (Å²) in [4.78, 5) is 12.2. The monoisotopic (exact) mass is 300 g/mol. The summed E-state index contributed by atoms with van der Waals surface area (Å²) in [7, 11) is 3.08. The zero-order chi connectivity index (χ0) is 16.1. The Hall–Kier alpha value is -2.62. The van der Waals surface area contributed by atoms with Crippen LogP contribution in [0, 0.1) is 12.7 Å². The second kappa shape index (κ2) is 6.89. The van der Waals surface area contributed by atoms with Crippen molar-refractivity contribution >= 4 is 11.9 Å². The molecule has 114 valence electrons. The number of ketones is 1. The van der Waals surface area contributed by atoms with Crippen LogP contribution in [0.15, 0.2) is 42.5 Å². The Balaban J connectivity index is 2.26. The quantitative estimate of drug-likeness (QED) is 0.617. The predicted octanol–water partition coefficient (Wildman–Crippen LogP) is 4.05. The van der Waals surface area contributed by atoms with E-state index in [2.05, 4.69) is 0 Å². The number of benzene rings is 2. The normalized spacial score (nSPS) is 10.7. The fourth-order valence-corrected chi connectivity index (χ4v) is 2.14. The summed E-state index contributed by atoms with van der Waals surface area (Å²) in [6, 6.07) is 9.31. The molecule has 0 atom stereocenters. The van der Waals surface area contributed by atoms with Crippen molar-refractivity contribution in [1.82, 2.24) is 0 Å². The van der Waals surface area contributed by atoms with E-state index in [1.54, 1.807) is 37.5 Å². The lowest BCUT2D eigenvalue weighted by Crippen LogP contribution is -1.99. The van der Waals surface area contributed by atoms with Crippen LogP contribution in [-0.4, -0.2) is 20.0 Å². The highest BCUT2D eigenvalue weighted by molar-refractivity contribution is 6.07. The second-order valence-electron chi connectivity index (χ2n) is 4.78.